The Morgan fingerprint density at radius 3 is 2.51 bits per heavy atom. The maximum atomic E-state index is 14.7. The highest BCUT2D eigenvalue weighted by atomic mass is 19.1. The first-order valence-electron chi connectivity index (χ1n) is 12.3. The third-order valence-corrected chi connectivity index (χ3v) is 7.51. The molecule has 5 nitrogen and oxygen atoms in total. The van der Waals surface area contributed by atoms with E-state index in [0.29, 0.717) is 5.92 Å². The van der Waals surface area contributed by atoms with Crippen LogP contribution < -0.4 is 5.73 Å². The Balaban J connectivity index is 1.51. The predicted molar refractivity (Wildman–Crippen MR) is 136 cm³/mol. The van der Waals surface area contributed by atoms with Crippen molar-refractivity contribution in [3.05, 3.63) is 77.4 Å². The number of fused-ring (bicyclic) bond motifs is 1. The van der Waals surface area contributed by atoms with Crippen molar-refractivity contribution in [1.29, 1.82) is 5.26 Å². The summed E-state index contributed by atoms with van der Waals surface area (Å²) in [7, 11) is 2.06. The normalized spacial score (nSPS) is 18.3. The Bertz CT molecular complexity index is 1460. The number of nitriles is 1. The van der Waals surface area contributed by atoms with Gasteiger partial charge in [-0.25, -0.2) is 4.39 Å². The summed E-state index contributed by atoms with van der Waals surface area (Å²) in [5.74, 6) is 0.168. The second-order valence-corrected chi connectivity index (χ2v) is 9.96. The van der Waals surface area contributed by atoms with Gasteiger partial charge in [-0.2, -0.15) is 5.26 Å². The molecule has 2 aliphatic rings. The van der Waals surface area contributed by atoms with E-state index in [4.69, 9.17) is 10.7 Å². The van der Waals surface area contributed by atoms with Gasteiger partial charge in [0.1, 0.15) is 11.9 Å². The van der Waals surface area contributed by atoms with E-state index in [0.717, 1.165) is 59.3 Å². The molecule has 2 aromatic heterocycles. The molecule has 3 heterocycles. The van der Waals surface area contributed by atoms with Crippen LogP contribution in [-0.4, -0.2) is 33.6 Å². The fourth-order valence-corrected chi connectivity index (χ4v) is 5.34. The van der Waals surface area contributed by atoms with E-state index in [1.54, 1.807) is 6.07 Å². The van der Waals surface area contributed by atoms with E-state index in [9.17, 15) is 9.65 Å². The molecule has 1 saturated heterocycles. The smallest absolute Gasteiger partial charge is 0.141 e. The standard InChI is InChI=1S/C29H28FN5/c1-34-24(17-35-11-10-23(32)16-35)13-25-27(34)15-33-29(20-6-4-19(5-7-20)18-2-3-18)28(25)21-8-9-22(14-31)26(30)12-21/h4-9,12-13,15,18,23H,2-3,10-11,16-17,32H2,1H3/t23-/m0/s1. The maximum absolute atomic E-state index is 14.7. The van der Waals surface area contributed by atoms with E-state index in [2.05, 4.69) is 46.8 Å². The van der Waals surface area contributed by atoms with Crippen molar-refractivity contribution in [2.45, 2.75) is 37.8 Å². The number of nitrogens with zero attached hydrogens (tertiary/aromatic N) is 4. The Morgan fingerprint density at radius 1 is 1.09 bits per heavy atom. The number of hydrogen-bond donors (Lipinski definition) is 1. The largest absolute Gasteiger partial charge is 0.345 e. The molecule has 0 spiro atoms. The average Bonchev–Trinajstić information content (AvgIpc) is 3.57. The van der Waals surface area contributed by atoms with Gasteiger partial charge in [-0.05, 0) is 54.5 Å². The summed E-state index contributed by atoms with van der Waals surface area (Å²) in [4.78, 5) is 7.27. The molecule has 1 aliphatic heterocycles. The van der Waals surface area contributed by atoms with Crippen molar-refractivity contribution in [2.75, 3.05) is 13.1 Å². The van der Waals surface area contributed by atoms with Crippen molar-refractivity contribution in [3.8, 4) is 28.5 Å². The molecular weight excluding hydrogens is 437 g/mol. The summed E-state index contributed by atoms with van der Waals surface area (Å²) in [5, 5.41) is 10.3. The molecule has 1 aliphatic carbocycles. The van der Waals surface area contributed by atoms with Crippen LogP contribution in [0, 0.1) is 17.1 Å². The summed E-state index contributed by atoms with van der Waals surface area (Å²) < 4.78 is 16.9. The molecule has 0 bridgehead atoms. The van der Waals surface area contributed by atoms with Crippen LogP contribution in [-0.2, 0) is 13.6 Å². The molecule has 0 radical (unpaired) electrons. The number of aromatic nitrogens is 2. The van der Waals surface area contributed by atoms with Crippen molar-refractivity contribution in [1.82, 2.24) is 14.5 Å². The van der Waals surface area contributed by atoms with Gasteiger partial charge >= 0.3 is 0 Å². The summed E-state index contributed by atoms with van der Waals surface area (Å²) in [5.41, 5.74) is 13.2. The highest BCUT2D eigenvalue weighted by molar-refractivity contribution is 6.02. The fourth-order valence-electron chi connectivity index (χ4n) is 5.34. The van der Waals surface area contributed by atoms with Crippen LogP contribution in [0.25, 0.3) is 33.3 Å². The van der Waals surface area contributed by atoms with Gasteiger partial charge in [0.2, 0.25) is 0 Å². The zero-order chi connectivity index (χ0) is 24.1. The quantitative estimate of drug-likeness (QED) is 0.433. The monoisotopic (exact) mass is 465 g/mol. The van der Waals surface area contributed by atoms with Gasteiger partial charge in [0.25, 0.3) is 0 Å². The van der Waals surface area contributed by atoms with Gasteiger partial charge in [0, 0.05) is 54.9 Å². The first-order valence-corrected chi connectivity index (χ1v) is 12.3. The third-order valence-electron chi connectivity index (χ3n) is 7.51. The van der Waals surface area contributed by atoms with Gasteiger partial charge in [-0.1, -0.05) is 30.3 Å². The molecule has 6 heteroatoms. The molecule has 1 atom stereocenters. The topological polar surface area (TPSA) is 70.9 Å². The van der Waals surface area contributed by atoms with Crippen LogP contribution in [0.4, 0.5) is 4.39 Å². The molecule has 2 aromatic carbocycles. The first-order chi connectivity index (χ1) is 17.0. The van der Waals surface area contributed by atoms with Gasteiger partial charge in [0.05, 0.1) is 23.0 Å². The van der Waals surface area contributed by atoms with Crippen molar-refractivity contribution < 1.29 is 4.39 Å². The minimum Gasteiger partial charge on any atom is -0.345 e. The van der Waals surface area contributed by atoms with E-state index in [-0.39, 0.29) is 11.6 Å². The molecule has 4 aromatic rings. The van der Waals surface area contributed by atoms with Gasteiger partial charge in [0.15, 0.2) is 0 Å². The second-order valence-electron chi connectivity index (χ2n) is 9.96. The molecule has 176 valence electrons. The fraction of sp³-hybridized carbons (Fsp3) is 0.310. The molecular formula is C29H28FN5. The average molecular weight is 466 g/mol. The number of rotatable bonds is 5. The third kappa shape index (κ3) is 4.01. The van der Waals surface area contributed by atoms with Gasteiger partial charge in [-0.3, -0.25) is 9.88 Å². The molecule has 6 rings (SSSR count). The number of likely N-dealkylation sites (tertiary alicyclic amines) is 1. The van der Waals surface area contributed by atoms with Crippen LogP contribution in [0.1, 0.15) is 42.0 Å². The van der Waals surface area contributed by atoms with Gasteiger partial charge in [-0.15, -0.1) is 0 Å². The number of aryl methyl sites for hydroxylation is 1. The first kappa shape index (κ1) is 22.0. The Labute approximate surface area is 204 Å². The Hall–Kier alpha value is -3.53. The number of hydrogen-bond acceptors (Lipinski definition) is 4. The SMILES string of the molecule is Cn1c(CN2CC[C@H](N)C2)cc2c(-c3ccc(C#N)c(F)c3)c(-c3ccc(C4CC4)cc3)ncc21. The molecule has 0 amide bonds. The van der Waals surface area contributed by atoms with E-state index in [1.807, 2.05) is 18.3 Å². The highest BCUT2D eigenvalue weighted by Gasteiger charge is 2.25. The lowest BCUT2D eigenvalue weighted by Crippen LogP contribution is -2.26. The number of halogens is 1. The van der Waals surface area contributed by atoms with E-state index >= 15 is 0 Å². The van der Waals surface area contributed by atoms with Crippen LogP contribution in [0.5, 0.6) is 0 Å². The Morgan fingerprint density at radius 2 is 1.86 bits per heavy atom. The zero-order valence-corrected chi connectivity index (χ0v) is 19.8. The number of pyridine rings is 1. The Kier molecular flexibility index (Phi) is 5.40. The molecule has 0 unspecified atom stereocenters. The maximum Gasteiger partial charge on any atom is 0.141 e. The predicted octanol–water partition coefficient (Wildman–Crippen LogP) is 5.33. The zero-order valence-electron chi connectivity index (χ0n) is 19.8. The van der Waals surface area contributed by atoms with Crippen molar-refractivity contribution in [2.24, 2.45) is 12.8 Å². The van der Waals surface area contributed by atoms with Gasteiger partial charge < -0.3 is 10.3 Å². The summed E-state index contributed by atoms with van der Waals surface area (Å²) in [6.45, 7) is 2.70. The van der Waals surface area contributed by atoms with Crippen LogP contribution >= 0.6 is 0 Å². The summed E-state index contributed by atoms with van der Waals surface area (Å²) in [6, 6.07) is 17.8. The van der Waals surface area contributed by atoms with Crippen LogP contribution in [0.3, 0.4) is 0 Å². The molecule has 2 N–H and O–H groups in total. The van der Waals surface area contributed by atoms with Crippen LogP contribution in [0.2, 0.25) is 0 Å². The summed E-state index contributed by atoms with van der Waals surface area (Å²) in [6.07, 6.45) is 5.45. The van der Waals surface area contributed by atoms with Crippen molar-refractivity contribution in [3.63, 3.8) is 0 Å². The van der Waals surface area contributed by atoms with Crippen LogP contribution in [0.15, 0.2) is 54.7 Å². The molecule has 1 saturated carbocycles. The minimum absolute atomic E-state index is 0.0448. The lowest BCUT2D eigenvalue weighted by atomic mass is 9.94. The lowest BCUT2D eigenvalue weighted by Gasteiger charge is -2.15. The lowest BCUT2D eigenvalue weighted by molar-refractivity contribution is 0.319. The van der Waals surface area contributed by atoms with E-state index < -0.39 is 5.82 Å². The molecule has 2 fully saturated rings. The second kappa shape index (κ2) is 8.60. The summed E-state index contributed by atoms with van der Waals surface area (Å²) >= 11 is 0. The van der Waals surface area contributed by atoms with Crippen molar-refractivity contribution >= 4 is 10.9 Å². The number of benzene rings is 2. The molecule has 35 heavy (non-hydrogen) atoms. The minimum atomic E-state index is -0.515. The van der Waals surface area contributed by atoms with E-state index in [1.165, 1.54) is 30.2 Å². The number of nitrogens with two attached hydrogens (primary N) is 1. The highest BCUT2D eigenvalue weighted by Crippen LogP contribution is 2.42.